The summed E-state index contributed by atoms with van der Waals surface area (Å²) in [7, 11) is 6.66. The SMILES string of the molecule is COc1cc2c(cc1OCCCC(=O)Nc1cn(C)c(C(=O)Nc3cc(C(=O)Nc4cc(C(=O)NCCCN(C)C)n([C@H]5O[C@H](CO)[C@@H](O)[C@@H](O)[C@H]5O)c4)n([C@H]4O[C@H](CO)[C@@H](O)[C@@H](O)[C@H]4O)c3)n1)N=C[C@H]1CCCN1C2=O. The Morgan fingerprint density at radius 2 is 1.38 bits per heavy atom. The Hall–Kier alpha value is -6.83. The molecule has 28 nitrogen and oxygen atoms in total. The van der Waals surface area contributed by atoms with E-state index in [0.29, 0.717) is 42.3 Å². The average molecular weight is 1080 g/mol. The highest BCUT2D eigenvalue weighted by molar-refractivity contribution is 6.07. The van der Waals surface area contributed by atoms with Crippen LogP contribution in [0.15, 0.2) is 47.8 Å². The van der Waals surface area contributed by atoms with Gasteiger partial charge in [0.25, 0.3) is 23.6 Å². The first-order valence-electron chi connectivity index (χ1n) is 25.0. The van der Waals surface area contributed by atoms with Crippen LogP contribution in [0, 0.1) is 0 Å². The monoisotopic (exact) mass is 1080 g/mol. The van der Waals surface area contributed by atoms with Gasteiger partial charge < -0.3 is 105 Å². The van der Waals surface area contributed by atoms with E-state index >= 15 is 0 Å². The molecule has 11 atom stereocenters. The maximum atomic E-state index is 14.4. The number of hydrogen-bond donors (Lipinski definition) is 12. The Labute approximate surface area is 440 Å². The molecule has 0 aliphatic carbocycles. The zero-order chi connectivity index (χ0) is 55.4. The standard InChI is InChI=1S/C49H65N11O17/c1-56(2)11-7-10-50-44(70)29-14-24(19-59(29)48-41(68)39(66)37(64)33(22-61)76-48)52-45(71)30-15-25(20-60(30)49-42(69)40(67)38(65)34(23-62)77-49)53-46(72)43-55-35(21-57(43)3)54-36(63)9-6-13-75-32-17-28-27(16-31(32)74-4)47(73)58-12-5-8-26(58)18-51-28/h14-21,26,33-34,37-42,48-49,61-62,64-69H,5-13,22-23H2,1-4H3,(H,50,70)(H,52,71)(H,53,72)(H,54,63)/t26-,33-,34-,37-,38-,39-,40-,41-,42-,48+,49+/m1/s1. The molecule has 3 aromatic heterocycles. The van der Waals surface area contributed by atoms with E-state index < -0.39 is 98.1 Å². The lowest BCUT2D eigenvalue weighted by molar-refractivity contribution is -0.251. The average Bonchev–Trinajstić information content (AvgIpc) is 4.24. The number of aliphatic imine (C=N–C) groups is 1. The molecule has 5 amide bonds. The molecule has 12 N–H and O–H groups in total. The van der Waals surface area contributed by atoms with Crippen LogP contribution >= 0.6 is 0 Å². The summed E-state index contributed by atoms with van der Waals surface area (Å²) in [6, 6.07) is 5.57. The number of carbonyl (C=O) groups excluding carboxylic acids is 5. The zero-order valence-corrected chi connectivity index (χ0v) is 42.6. The molecular weight excluding hydrogens is 1010 g/mol. The minimum atomic E-state index is -1.91. The fraction of sp³-hybridized carbons (Fsp3) is 0.531. The lowest BCUT2D eigenvalue weighted by Crippen LogP contribution is -2.56. The molecule has 1 aromatic carbocycles. The first kappa shape index (κ1) is 56.4. The van der Waals surface area contributed by atoms with Crippen LogP contribution < -0.4 is 30.7 Å². The minimum absolute atomic E-state index is 0.0149. The van der Waals surface area contributed by atoms with Crippen molar-refractivity contribution in [2.24, 2.45) is 12.0 Å². The number of nitrogens with zero attached hydrogens (tertiary/aromatic N) is 7. The number of hydrogen-bond acceptors (Lipinski definition) is 20. The molecular formula is C49H65N11O17. The van der Waals surface area contributed by atoms with Gasteiger partial charge in [-0.1, -0.05) is 0 Å². The molecule has 0 unspecified atom stereocenters. The molecule has 77 heavy (non-hydrogen) atoms. The summed E-state index contributed by atoms with van der Waals surface area (Å²) < 4.78 is 26.5. The Morgan fingerprint density at radius 3 is 1.97 bits per heavy atom. The van der Waals surface area contributed by atoms with Crippen molar-refractivity contribution in [3.8, 4) is 11.5 Å². The van der Waals surface area contributed by atoms with Gasteiger partial charge in [0.15, 0.2) is 29.8 Å². The summed E-state index contributed by atoms with van der Waals surface area (Å²) in [6.45, 7) is -0.000116. The van der Waals surface area contributed by atoms with Gasteiger partial charge in [-0.2, -0.15) is 0 Å². The first-order chi connectivity index (χ1) is 36.8. The van der Waals surface area contributed by atoms with Crippen molar-refractivity contribution >= 4 is 58.6 Å². The lowest BCUT2D eigenvalue weighted by atomic mass is 9.98. The van der Waals surface area contributed by atoms with Gasteiger partial charge in [-0.25, -0.2) is 4.98 Å². The first-order valence-corrected chi connectivity index (χ1v) is 25.0. The van der Waals surface area contributed by atoms with Crippen molar-refractivity contribution < 1.29 is 83.8 Å². The number of fused-ring (bicyclic) bond motifs is 2. The summed E-state index contributed by atoms with van der Waals surface area (Å²) in [5.74, 6) is -2.57. The van der Waals surface area contributed by atoms with Crippen LogP contribution in [0.25, 0.3) is 0 Å². The quantitative estimate of drug-likeness (QED) is 0.0438. The Morgan fingerprint density at radius 1 is 0.766 bits per heavy atom. The summed E-state index contributed by atoms with van der Waals surface area (Å²) in [6.07, 6.45) is -8.88. The second-order valence-electron chi connectivity index (χ2n) is 19.4. The van der Waals surface area contributed by atoms with Gasteiger partial charge in [0.2, 0.25) is 11.7 Å². The second-order valence-corrected chi connectivity index (χ2v) is 19.4. The van der Waals surface area contributed by atoms with Crippen LogP contribution in [-0.4, -0.2) is 221 Å². The molecule has 7 heterocycles. The molecule has 3 fully saturated rings. The van der Waals surface area contributed by atoms with Gasteiger partial charge in [-0.15, -0.1) is 0 Å². The second kappa shape index (κ2) is 24.2. The van der Waals surface area contributed by atoms with E-state index in [4.69, 9.17) is 18.9 Å². The van der Waals surface area contributed by atoms with Gasteiger partial charge in [-0.05, 0) is 64.5 Å². The van der Waals surface area contributed by atoms with E-state index in [1.807, 2.05) is 19.0 Å². The van der Waals surface area contributed by atoms with Crippen LogP contribution in [0.2, 0.25) is 0 Å². The molecule has 3 saturated heterocycles. The molecule has 4 aromatic rings. The molecule has 4 aliphatic rings. The third kappa shape index (κ3) is 12.2. The van der Waals surface area contributed by atoms with Crippen molar-refractivity contribution in [2.75, 3.05) is 76.6 Å². The maximum absolute atomic E-state index is 14.4. The number of nitrogens with one attached hydrogen (secondary N) is 4. The van der Waals surface area contributed by atoms with E-state index in [9.17, 15) is 64.8 Å². The third-order valence-corrected chi connectivity index (χ3v) is 13.6. The van der Waals surface area contributed by atoms with Gasteiger partial charge >= 0.3 is 0 Å². The normalized spacial score (nSPS) is 26.0. The topological polar surface area (TPSA) is 379 Å². The number of imidazole rings is 1. The number of ether oxygens (including phenoxy) is 4. The number of aryl methyl sites for hydroxylation is 1. The molecule has 0 bridgehead atoms. The summed E-state index contributed by atoms with van der Waals surface area (Å²) in [4.78, 5) is 80.7. The highest BCUT2D eigenvalue weighted by atomic mass is 16.6. The van der Waals surface area contributed by atoms with Crippen molar-refractivity contribution in [1.82, 2.24) is 33.8 Å². The maximum Gasteiger partial charge on any atom is 0.291 e. The fourth-order valence-electron chi connectivity index (χ4n) is 9.55. The number of aromatic nitrogens is 4. The van der Waals surface area contributed by atoms with Crippen molar-refractivity contribution in [2.45, 2.75) is 99.4 Å². The van der Waals surface area contributed by atoms with Crippen LogP contribution in [0.4, 0.5) is 22.9 Å². The van der Waals surface area contributed by atoms with Gasteiger partial charge in [-0.3, -0.25) is 29.0 Å². The molecule has 8 rings (SSSR count). The van der Waals surface area contributed by atoms with E-state index in [1.54, 1.807) is 23.2 Å². The third-order valence-electron chi connectivity index (χ3n) is 13.6. The Bertz CT molecular complexity index is 2830. The minimum Gasteiger partial charge on any atom is -0.493 e. The largest absolute Gasteiger partial charge is 0.493 e. The number of methoxy groups -OCH3 is 1. The molecule has 0 spiro atoms. The number of aliphatic hydroxyl groups excluding tert-OH is 8. The molecule has 4 aliphatic heterocycles. The van der Waals surface area contributed by atoms with Gasteiger partial charge in [0, 0.05) is 57.4 Å². The van der Waals surface area contributed by atoms with E-state index in [1.165, 1.54) is 49.4 Å². The summed E-state index contributed by atoms with van der Waals surface area (Å²) >= 11 is 0. The lowest BCUT2D eigenvalue weighted by Gasteiger charge is -2.41. The summed E-state index contributed by atoms with van der Waals surface area (Å²) in [5.41, 5.74) is 0.153. The number of aliphatic hydroxyl groups is 8. The van der Waals surface area contributed by atoms with Crippen molar-refractivity contribution in [1.29, 1.82) is 0 Å². The predicted octanol–water partition coefficient (Wildman–Crippen LogP) is -1.72. The highest BCUT2D eigenvalue weighted by Gasteiger charge is 2.47. The summed E-state index contributed by atoms with van der Waals surface area (Å²) in [5, 5.41) is 95.1. The number of anilines is 3. The van der Waals surface area contributed by atoms with E-state index in [2.05, 4.69) is 31.2 Å². The number of carbonyl (C=O) groups is 5. The van der Waals surface area contributed by atoms with E-state index in [0.717, 1.165) is 22.0 Å². The van der Waals surface area contributed by atoms with Crippen LogP contribution in [0.5, 0.6) is 11.5 Å². The number of rotatable bonds is 20. The van der Waals surface area contributed by atoms with Crippen molar-refractivity contribution in [3.63, 3.8) is 0 Å². The molecule has 0 radical (unpaired) electrons. The zero-order valence-electron chi connectivity index (χ0n) is 42.6. The Balaban J connectivity index is 0.971. The smallest absolute Gasteiger partial charge is 0.291 e. The van der Waals surface area contributed by atoms with Crippen molar-refractivity contribution in [3.05, 3.63) is 65.6 Å². The number of amides is 5. The molecule has 418 valence electrons. The van der Waals surface area contributed by atoms with Crippen LogP contribution in [-0.2, 0) is 21.3 Å². The molecule has 28 heteroatoms. The highest BCUT2D eigenvalue weighted by Crippen LogP contribution is 2.39. The van der Waals surface area contributed by atoms with E-state index in [-0.39, 0.29) is 72.3 Å². The van der Waals surface area contributed by atoms with Crippen LogP contribution in [0.1, 0.15) is 86.5 Å². The van der Waals surface area contributed by atoms with Crippen LogP contribution in [0.3, 0.4) is 0 Å². The predicted molar refractivity (Wildman–Crippen MR) is 270 cm³/mol. The number of benzene rings is 1. The van der Waals surface area contributed by atoms with Gasteiger partial charge in [0.1, 0.15) is 60.2 Å². The van der Waals surface area contributed by atoms with Gasteiger partial charge in [0.05, 0.1) is 55.6 Å². The fourth-order valence-corrected chi connectivity index (χ4v) is 9.55. The molecule has 0 saturated carbocycles. The Kier molecular flexibility index (Phi) is 17.7.